The molecule has 6 nitrogen and oxygen atoms in total. The maximum Gasteiger partial charge on any atom is 0.251 e. The van der Waals surface area contributed by atoms with E-state index in [1.807, 2.05) is 0 Å². The summed E-state index contributed by atoms with van der Waals surface area (Å²) in [5, 5.41) is 14.9. The molecule has 0 saturated heterocycles. The van der Waals surface area contributed by atoms with Crippen molar-refractivity contribution in [1.29, 1.82) is 0 Å². The lowest BCUT2D eigenvalue weighted by Crippen LogP contribution is -2.25. The van der Waals surface area contributed by atoms with Gasteiger partial charge in [-0.25, -0.2) is 4.39 Å². The summed E-state index contributed by atoms with van der Waals surface area (Å²) in [4.78, 5) is 23.8. The van der Waals surface area contributed by atoms with Crippen LogP contribution in [0, 0.1) is 5.82 Å². The SMILES string of the molecule is CCCCCc1nnc(NC(=O)CCCNC(=O)c2ccc(F)cc2)s1. The minimum absolute atomic E-state index is 0.155. The van der Waals surface area contributed by atoms with Gasteiger partial charge in [0.2, 0.25) is 11.0 Å². The molecular weight excluding hydrogens is 355 g/mol. The summed E-state index contributed by atoms with van der Waals surface area (Å²) in [5.74, 6) is -0.827. The third-order valence-corrected chi connectivity index (χ3v) is 4.58. The van der Waals surface area contributed by atoms with E-state index in [4.69, 9.17) is 0 Å². The number of nitrogens with zero attached hydrogens (tertiary/aromatic N) is 2. The number of carbonyl (C=O) groups is 2. The third-order valence-electron chi connectivity index (χ3n) is 3.68. The van der Waals surface area contributed by atoms with Gasteiger partial charge in [0, 0.05) is 24.9 Å². The van der Waals surface area contributed by atoms with E-state index < -0.39 is 0 Å². The van der Waals surface area contributed by atoms with Gasteiger partial charge in [0.25, 0.3) is 5.91 Å². The van der Waals surface area contributed by atoms with E-state index in [9.17, 15) is 14.0 Å². The molecule has 0 aliphatic carbocycles. The number of unbranched alkanes of at least 4 members (excludes halogenated alkanes) is 2. The highest BCUT2D eigenvalue weighted by molar-refractivity contribution is 7.15. The molecule has 0 fully saturated rings. The molecule has 0 atom stereocenters. The minimum Gasteiger partial charge on any atom is -0.352 e. The molecule has 0 aliphatic rings. The molecule has 26 heavy (non-hydrogen) atoms. The van der Waals surface area contributed by atoms with Crippen molar-refractivity contribution in [2.24, 2.45) is 0 Å². The van der Waals surface area contributed by atoms with E-state index in [2.05, 4.69) is 27.8 Å². The fourth-order valence-electron chi connectivity index (χ4n) is 2.27. The van der Waals surface area contributed by atoms with Crippen LogP contribution in [-0.4, -0.2) is 28.6 Å². The first-order chi connectivity index (χ1) is 12.6. The molecule has 1 aromatic carbocycles. The summed E-state index contributed by atoms with van der Waals surface area (Å²) in [5.41, 5.74) is 0.389. The molecule has 1 heterocycles. The zero-order valence-corrected chi connectivity index (χ0v) is 15.6. The smallest absolute Gasteiger partial charge is 0.251 e. The molecule has 0 bridgehead atoms. The van der Waals surface area contributed by atoms with Gasteiger partial charge in [0.05, 0.1) is 0 Å². The zero-order valence-electron chi connectivity index (χ0n) is 14.8. The number of carbonyl (C=O) groups excluding carboxylic acids is 2. The summed E-state index contributed by atoms with van der Waals surface area (Å²) < 4.78 is 12.8. The number of hydrogen-bond acceptors (Lipinski definition) is 5. The van der Waals surface area contributed by atoms with Crippen LogP contribution in [0.25, 0.3) is 0 Å². The van der Waals surface area contributed by atoms with E-state index in [-0.39, 0.29) is 24.1 Å². The van der Waals surface area contributed by atoms with E-state index >= 15 is 0 Å². The zero-order chi connectivity index (χ0) is 18.8. The highest BCUT2D eigenvalue weighted by atomic mass is 32.1. The van der Waals surface area contributed by atoms with Crippen LogP contribution in [0.2, 0.25) is 0 Å². The molecule has 2 aromatic rings. The molecule has 0 spiro atoms. The van der Waals surface area contributed by atoms with E-state index in [0.717, 1.165) is 30.7 Å². The number of halogens is 1. The minimum atomic E-state index is -0.386. The molecule has 0 saturated carbocycles. The first-order valence-corrected chi connectivity index (χ1v) is 9.56. The molecule has 140 valence electrons. The van der Waals surface area contributed by atoms with Crippen LogP contribution < -0.4 is 10.6 Å². The Morgan fingerprint density at radius 2 is 1.88 bits per heavy atom. The lowest BCUT2D eigenvalue weighted by molar-refractivity contribution is -0.116. The maximum atomic E-state index is 12.8. The Labute approximate surface area is 156 Å². The largest absolute Gasteiger partial charge is 0.352 e. The lowest BCUT2D eigenvalue weighted by Gasteiger charge is -2.05. The Morgan fingerprint density at radius 3 is 2.62 bits per heavy atom. The summed E-state index contributed by atoms with van der Waals surface area (Å²) >= 11 is 1.40. The van der Waals surface area contributed by atoms with Crippen molar-refractivity contribution in [3.8, 4) is 0 Å². The van der Waals surface area contributed by atoms with Crippen LogP contribution in [0.3, 0.4) is 0 Å². The Balaban J connectivity index is 1.64. The Kier molecular flexibility index (Phi) is 8.14. The number of anilines is 1. The molecule has 2 rings (SSSR count). The van der Waals surface area contributed by atoms with Crippen molar-refractivity contribution in [2.75, 3.05) is 11.9 Å². The molecule has 0 aliphatic heterocycles. The van der Waals surface area contributed by atoms with Gasteiger partial charge in [-0.15, -0.1) is 10.2 Å². The fourth-order valence-corrected chi connectivity index (χ4v) is 3.07. The Hall–Kier alpha value is -2.35. The predicted octanol–water partition coefficient (Wildman–Crippen LogP) is 3.56. The van der Waals surface area contributed by atoms with Crippen LogP contribution >= 0.6 is 11.3 Å². The highest BCUT2D eigenvalue weighted by Crippen LogP contribution is 2.17. The van der Waals surface area contributed by atoms with Crippen LogP contribution in [0.1, 0.15) is 54.4 Å². The standard InChI is InChI=1S/C18H23FN4O2S/c1-2-3-4-7-16-22-23-18(26-16)21-15(24)6-5-12-20-17(25)13-8-10-14(19)11-9-13/h8-11H,2-7,12H2,1H3,(H,20,25)(H,21,23,24). The van der Waals surface area contributed by atoms with E-state index in [1.54, 1.807) is 0 Å². The lowest BCUT2D eigenvalue weighted by atomic mass is 10.2. The van der Waals surface area contributed by atoms with Gasteiger partial charge in [-0.3, -0.25) is 9.59 Å². The normalized spacial score (nSPS) is 10.5. The first kappa shape index (κ1) is 20.0. The second kappa shape index (κ2) is 10.6. The van der Waals surface area contributed by atoms with Crippen LogP contribution in [0.5, 0.6) is 0 Å². The summed E-state index contributed by atoms with van der Waals surface area (Å²) in [7, 11) is 0. The number of rotatable bonds is 10. The molecular formula is C18H23FN4O2S. The molecule has 2 N–H and O–H groups in total. The number of aromatic nitrogens is 2. The number of benzene rings is 1. The Bertz CT molecular complexity index is 718. The quantitative estimate of drug-likeness (QED) is 0.619. The van der Waals surface area contributed by atoms with Gasteiger partial charge in [-0.2, -0.15) is 0 Å². The van der Waals surface area contributed by atoms with Crippen LogP contribution in [0.15, 0.2) is 24.3 Å². The molecule has 8 heteroatoms. The Morgan fingerprint density at radius 1 is 1.12 bits per heavy atom. The van der Waals surface area contributed by atoms with Crippen molar-refractivity contribution in [3.05, 3.63) is 40.7 Å². The van der Waals surface area contributed by atoms with E-state index in [0.29, 0.717) is 23.7 Å². The van der Waals surface area contributed by atoms with Crippen molar-refractivity contribution in [1.82, 2.24) is 15.5 Å². The van der Waals surface area contributed by atoms with Gasteiger partial charge in [-0.05, 0) is 37.1 Å². The highest BCUT2D eigenvalue weighted by Gasteiger charge is 2.09. The fraction of sp³-hybridized carbons (Fsp3) is 0.444. The maximum absolute atomic E-state index is 12.8. The van der Waals surface area contributed by atoms with Gasteiger partial charge >= 0.3 is 0 Å². The number of hydrogen-bond donors (Lipinski definition) is 2. The monoisotopic (exact) mass is 378 g/mol. The van der Waals surface area contributed by atoms with Crippen LogP contribution in [-0.2, 0) is 11.2 Å². The summed E-state index contributed by atoms with van der Waals surface area (Å²) in [6, 6.07) is 5.32. The van der Waals surface area contributed by atoms with Crippen molar-refractivity contribution in [2.45, 2.75) is 45.4 Å². The molecule has 2 amide bonds. The van der Waals surface area contributed by atoms with Gasteiger partial charge < -0.3 is 10.6 Å². The predicted molar refractivity (Wildman–Crippen MR) is 99.7 cm³/mol. The first-order valence-electron chi connectivity index (χ1n) is 8.74. The summed E-state index contributed by atoms with van der Waals surface area (Å²) in [6.45, 7) is 2.51. The third kappa shape index (κ3) is 6.87. The van der Waals surface area contributed by atoms with Gasteiger partial charge in [0.15, 0.2) is 0 Å². The van der Waals surface area contributed by atoms with E-state index in [1.165, 1.54) is 35.6 Å². The number of aryl methyl sites for hydroxylation is 1. The average Bonchev–Trinajstić information content (AvgIpc) is 3.06. The second-order valence-corrected chi connectivity index (χ2v) is 6.93. The number of amides is 2. The molecule has 1 aromatic heterocycles. The van der Waals surface area contributed by atoms with Crippen molar-refractivity contribution >= 4 is 28.3 Å². The van der Waals surface area contributed by atoms with Gasteiger partial charge in [0.1, 0.15) is 10.8 Å². The number of nitrogens with one attached hydrogen (secondary N) is 2. The topological polar surface area (TPSA) is 84.0 Å². The molecule has 0 unspecified atom stereocenters. The second-order valence-electron chi connectivity index (χ2n) is 5.87. The van der Waals surface area contributed by atoms with Crippen molar-refractivity contribution < 1.29 is 14.0 Å². The van der Waals surface area contributed by atoms with Crippen molar-refractivity contribution in [3.63, 3.8) is 0 Å². The van der Waals surface area contributed by atoms with Gasteiger partial charge in [-0.1, -0.05) is 31.1 Å². The molecule has 0 radical (unpaired) electrons. The van der Waals surface area contributed by atoms with Crippen LogP contribution in [0.4, 0.5) is 9.52 Å². The average molecular weight is 378 g/mol. The summed E-state index contributed by atoms with van der Waals surface area (Å²) in [6.07, 6.45) is 5.05.